The van der Waals surface area contributed by atoms with Gasteiger partial charge in [0.2, 0.25) is 0 Å². The Balaban J connectivity index is 2.42. The second-order valence-corrected chi connectivity index (χ2v) is 7.72. The summed E-state index contributed by atoms with van der Waals surface area (Å²) >= 11 is 37.8. The van der Waals surface area contributed by atoms with Crippen molar-refractivity contribution in [2.24, 2.45) is 0 Å². The average Bonchev–Trinajstić information content (AvgIpc) is 2.63. The van der Waals surface area contributed by atoms with E-state index in [4.69, 9.17) is 69.6 Å². The minimum atomic E-state index is -0.215. The number of halogens is 6. The van der Waals surface area contributed by atoms with E-state index < -0.39 is 0 Å². The first-order valence-electron chi connectivity index (χ1n) is 7.22. The van der Waals surface area contributed by atoms with E-state index >= 15 is 0 Å². The second-order valence-electron chi connectivity index (χ2n) is 5.33. The molecular weight excluding hydrogens is 459 g/mol. The number of benzene rings is 2. The molecule has 134 valence electrons. The molecule has 26 heavy (non-hydrogen) atoms. The first-order chi connectivity index (χ1) is 12.3. The number of aromatic nitrogens is 1. The van der Waals surface area contributed by atoms with Gasteiger partial charge >= 0.3 is 0 Å². The molecule has 0 aliphatic rings. The third-order valence-electron chi connectivity index (χ3n) is 3.72. The third kappa shape index (κ3) is 3.65. The minimum Gasteiger partial charge on any atom is -0.392 e. The highest BCUT2D eigenvalue weighted by Crippen LogP contribution is 2.46. The van der Waals surface area contributed by atoms with Crippen LogP contribution in [0.5, 0.6) is 0 Å². The van der Waals surface area contributed by atoms with Crippen LogP contribution in [0.3, 0.4) is 0 Å². The molecule has 0 radical (unpaired) electrons. The molecule has 0 amide bonds. The van der Waals surface area contributed by atoms with Crippen LogP contribution in [0.1, 0.15) is 5.56 Å². The fourth-order valence-electron chi connectivity index (χ4n) is 2.50. The average molecular weight is 468 g/mol. The summed E-state index contributed by atoms with van der Waals surface area (Å²) in [6.45, 7) is -0.215. The molecule has 0 bridgehead atoms. The van der Waals surface area contributed by atoms with Crippen LogP contribution >= 0.6 is 69.6 Å². The van der Waals surface area contributed by atoms with Crippen LogP contribution in [0.15, 0.2) is 36.5 Å². The number of rotatable bonds is 3. The van der Waals surface area contributed by atoms with Crippen LogP contribution in [0.2, 0.25) is 30.1 Å². The lowest BCUT2D eigenvalue weighted by Gasteiger charge is -2.16. The van der Waals surface area contributed by atoms with E-state index in [1.807, 2.05) is 0 Å². The van der Waals surface area contributed by atoms with Gasteiger partial charge in [0.25, 0.3) is 0 Å². The van der Waals surface area contributed by atoms with Crippen LogP contribution in [0.25, 0.3) is 22.4 Å². The standard InChI is InChI=1S/C18H9Cl6NO/c19-10-1-3-12(21)16(23)14(10)9-5-8(7-26)6-25-18(9)15-11(20)2-4-13(22)17(15)24/h1-6,26H,7H2. The number of aliphatic hydroxyl groups is 1. The molecule has 8 heteroatoms. The zero-order valence-electron chi connectivity index (χ0n) is 12.8. The lowest BCUT2D eigenvalue weighted by Crippen LogP contribution is -1.96. The lowest BCUT2D eigenvalue weighted by atomic mass is 9.97. The Morgan fingerprint density at radius 1 is 0.731 bits per heavy atom. The zero-order chi connectivity index (χ0) is 19.0. The highest BCUT2D eigenvalue weighted by molar-refractivity contribution is 6.47. The molecule has 0 saturated carbocycles. The fourth-order valence-corrected chi connectivity index (χ4v) is 3.94. The Bertz CT molecular complexity index is 1010. The second kappa shape index (κ2) is 8.12. The maximum Gasteiger partial charge on any atom is 0.0812 e. The molecule has 0 unspecified atom stereocenters. The van der Waals surface area contributed by atoms with Crippen molar-refractivity contribution in [3.63, 3.8) is 0 Å². The summed E-state index contributed by atoms with van der Waals surface area (Å²) in [6, 6.07) is 8.15. The largest absolute Gasteiger partial charge is 0.392 e. The van der Waals surface area contributed by atoms with E-state index in [1.165, 1.54) is 6.20 Å². The molecule has 3 aromatic rings. The molecule has 0 aliphatic carbocycles. The first-order valence-corrected chi connectivity index (χ1v) is 9.49. The van der Waals surface area contributed by atoms with Gasteiger partial charge in [0, 0.05) is 22.9 Å². The van der Waals surface area contributed by atoms with Gasteiger partial charge in [-0.15, -0.1) is 0 Å². The van der Waals surface area contributed by atoms with Crippen LogP contribution < -0.4 is 0 Å². The predicted octanol–water partition coefficient (Wildman–Crippen LogP) is 7.83. The van der Waals surface area contributed by atoms with E-state index in [2.05, 4.69) is 4.98 Å². The fraction of sp³-hybridized carbons (Fsp3) is 0.0556. The Labute approximate surface area is 180 Å². The van der Waals surface area contributed by atoms with Crippen molar-refractivity contribution in [1.29, 1.82) is 0 Å². The van der Waals surface area contributed by atoms with Crippen molar-refractivity contribution in [3.8, 4) is 22.4 Å². The van der Waals surface area contributed by atoms with E-state index in [1.54, 1.807) is 30.3 Å². The molecule has 2 aromatic carbocycles. The van der Waals surface area contributed by atoms with Crippen molar-refractivity contribution in [1.82, 2.24) is 4.98 Å². The van der Waals surface area contributed by atoms with Gasteiger partial charge in [0.1, 0.15) is 0 Å². The Morgan fingerprint density at radius 3 is 1.81 bits per heavy atom. The number of aliphatic hydroxyl groups excluding tert-OH is 1. The van der Waals surface area contributed by atoms with Crippen molar-refractivity contribution in [2.45, 2.75) is 6.61 Å². The molecule has 2 nitrogen and oxygen atoms in total. The zero-order valence-corrected chi connectivity index (χ0v) is 17.4. The summed E-state index contributed by atoms with van der Waals surface area (Å²) in [5.41, 5.74) is 2.41. The Hall–Kier alpha value is -0.710. The summed E-state index contributed by atoms with van der Waals surface area (Å²) in [6.07, 6.45) is 1.51. The van der Waals surface area contributed by atoms with E-state index in [9.17, 15) is 5.11 Å². The smallest absolute Gasteiger partial charge is 0.0812 e. The quantitative estimate of drug-likeness (QED) is 0.398. The maximum absolute atomic E-state index is 9.51. The number of hydrogen-bond donors (Lipinski definition) is 1. The summed E-state index contributed by atoms with van der Waals surface area (Å²) in [7, 11) is 0. The highest BCUT2D eigenvalue weighted by Gasteiger charge is 2.22. The molecule has 0 atom stereocenters. The van der Waals surface area contributed by atoms with Gasteiger partial charge < -0.3 is 5.11 Å². The Morgan fingerprint density at radius 2 is 1.23 bits per heavy atom. The topological polar surface area (TPSA) is 33.1 Å². The van der Waals surface area contributed by atoms with E-state index in [0.717, 1.165) is 0 Å². The molecule has 0 aliphatic heterocycles. The summed E-state index contributed by atoms with van der Waals surface area (Å²) in [5.74, 6) is 0. The van der Waals surface area contributed by atoms with Crippen LogP contribution in [-0.4, -0.2) is 10.1 Å². The first kappa shape index (κ1) is 20.0. The van der Waals surface area contributed by atoms with Gasteiger partial charge in [0.15, 0.2) is 0 Å². The maximum atomic E-state index is 9.51. The van der Waals surface area contributed by atoms with E-state index in [0.29, 0.717) is 48.0 Å². The van der Waals surface area contributed by atoms with Crippen molar-refractivity contribution < 1.29 is 5.11 Å². The van der Waals surface area contributed by atoms with Crippen molar-refractivity contribution in [3.05, 3.63) is 72.2 Å². The summed E-state index contributed by atoms with van der Waals surface area (Å²) < 4.78 is 0. The monoisotopic (exact) mass is 465 g/mol. The van der Waals surface area contributed by atoms with Gasteiger partial charge in [0.05, 0.1) is 42.4 Å². The minimum absolute atomic E-state index is 0.215. The normalized spacial score (nSPS) is 11.0. The number of hydrogen-bond acceptors (Lipinski definition) is 2. The highest BCUT2D eigenvalue weighted by atomic mass is 35.5. The lowest BCUT2D eigenvalue weighted by molar-refractivity contribution is 0.281. The van der Waals surface area contributed by atoms with E-state index in [-0.39, 0.29) is 16.7 Å². The van der Waals surface area contributed by atoms with Crippen molar-refractivity contribution in [2.75, 3.05) is 0 Å². The number of pyridine rings is 1. The molecular formula is C18H9Cl6NO. The van der Waals surface area contributed by atoms with Crippen LogP contribution in [-0.2, 0) is 6.61 Å². The SMILES string of the molecule is OCc1cnc(-c2c(Cl)ccc(Cl)c2Cl)c(-c2c(Cl)ccc(Cl)c2Cl)c1. The molecule has 0 spiro atoms. The van der Waals surface area contributed by atoms with Crippen molar-refractivity contribution >= 4 is 69.6 Å². The molecule has 3 rings (SSSR count). The molecule has 0 fully saturated rings. The Kier molecular flexibility index (Phi) is 6.25. The number of nitrogens with zero attached hydrogens (tertiary/aromatic N) is 1. The molecule has 0 saturated heterocycles. The predicted molar refractivity (Wildman–Crippen MR) is 111 cm³/mol. The summed E-state index contributed by atoms with van der Waals surface area (Å²) in [4.78, 5) is 4.42. The molecule has 1 heterocycles. The summed E-state index contributed by atoms with van der Waals surface area (Å²) in [5, 5.41) is 11.4. The van der Waals surface area contributed by atoms with Crippen LogP contribution in [0, 0.1) is 0 Å². The molecule has 1 aromatic heterocycles. The van der Waals surface area contributed by atoms with Gasteiger partial charge in [-0.2, -0.15) is 0 Å². The van der Waals surface area contributed by atoms with Gasteiger partial charge in [-0.1, -0.05) is 69.6 Å². The van der Waals surface area contributed by atoms with Gasteiger partial charge in [-0.3, -0.25) is 4.98 Å². The third-order valence-corrected chi connectivity index (χ3v) is 5.96. The van der Waals surface area contributed by atoms with Gasteiger partial charge in [-0.25, -0.2) is 0 Å². The molecule has 1 N–H and O–H groups in total. The van der Waals surface area contributed by atoms with Gasteiger partial charge in [-0.05, 0) is 35.9 Å². The van der Waals surface area contributed by atoms with Crippen LogP contribution in [0.4, 0.5) is 0 Å².